The molecule has 2 aliphatic heterocycles. The Morgan fingerprint density at radius 1 is 0.955 bits per heavy atom. The molecule has 3 atom stereocenters. The van der Waals surface area contributed by atoms with Gasteiger partial charge in [-0.15, -0.1) is 0 Å². The first-order chi connectivity index (χ1) is 21.6. The highest BCUT2D eigenvalue weighted by molar-refractivity contribution is 5.72. The summed E-state index contributed by atoms with van der Waals surface area (Å²) in [7, 11) is 1.68. The lowest BCUT2D eigenvalue weighted by atomic mass is 9.87. The highest BCUT2D eigenvalue weighted by Gasteiger charge is 2.28. The molecule has 2 aliphatic rings. The first kappa shape index (κ1) is 31.8. The summed E-state index contributed by atoms with van der Waals surface area (Å²) in [5.41, 5.74) is 4.80. The number of para-hydroxylation sites is 2. The zero-order valence-corrected chi connectivity index (χ0v) is 26.1. The van der Waals surface area contributed by atoms with Gasteiger partial charge in [-0.2, -0.15) is 0 Å². The van der Waals surface area contributed by atoms with Gasteiger partial charge in [-0.25, -0.2) is 0 Å². The largest absolute Gasteiger partial charge is 0.496 e. The predicted octanol–water partition coefficient (Wildman–Crippen LogP) is 5.31. The van der Waals surface area contributed by atoms with Crippen LogP contribution >= 0.6 is 0 Å². The maximum absolute atomic E-state index is 11.4. The van der Waals surface area contributed by atoms with Crippen LogP contribution in [0.15, 0.2) is 72.8 Å². The lowest BCUT2D eigenvalue weighted by Crippen LogP contribution is -2.41. The second kappa shape index (κ2) is 16.5. The average Bonchev–Trinajstić information content (AvgIpc) is 3.54. The molecule has 0 saturated carbocycles. The maximum Gasteiger partial charge on any atom is 0.216 e. The van der Waals surface area contributed by atoms with E-state index >= 15 is 0 Å². The van der Waals surface area contributed by atoms with Crippen LogP contribution < -0.4 is 25.0 Å². The van der Waals surface area contributed by atoms with Gasteiger partial charge >= 0.3 is 0 Å². The zero-order chi connectivity index (χ0) is 30.6. The number of nitrogens with one attached hydrogen (secondary N) is 2. The van der Waals surface area contributed by atoms with Gasteiger partial charge in [0.05, 0.1) is 39.6 Å². The fourth-order valence-electron chi connectivity index (χ4n) is 6.20. The van der Waals surface area contributed by atoms with E-state index < -0.39 is 0 Å². The molecule has 3 unspecified atom stereocenters. The molecule has 3 aromatic carbocycles. The van der Waals surface area contributed by atoms with Crippen molar-refractivity contribution in [3.63, 3.8) is 0 Å². The molecule has 0 radical (unpaired) electrons. The Labute approximate surface area is 262 Å². The number of piperidine rings is 1. The minimum atomic E-state index is 0.0391. The molecular weight excluding hydrogens is 554 g/mol. The van der Waals surface area contributed by atoms with Crippen molar-refractivity contribution in [2.45, 2.75) is 51.4 Å². The molecule has 8 nitrogen and oxygen atoms in total. The highest BCUT2D eigenvalue weighted by Crippen LogP contribution is 2.32. The van der Waals surface area contributed by atoms with E-state index in [4.69, 9.17) is 18.9 Å². The Bertz CT molecular complexity index is 1320. The van der Waals surface area contributed by atoms with Crippen LogP contribution in [-0.2, 0) is 27.5 Å². The normalized spacial score (nSPS) is 20.0. The summed E-state index contributed by atoms with van der Waals surface area (Å²) in [5, 5.41) is 6.51. The van der Waals surface area contributed by atoms with E-state index in [1.807, 2.05) is 24.3 Å². The van der Waals surface area contributed by atoms with Gasteiger partial charge in [0.1, 0.15) is 11.5 Å². The monoisotopic (exact) mass is 601 g/mol. The molecule has 8 heteroatoms. The summed E-state index contributed by atoms with van der Waals surface area (Å²) in [6.45, 7) is 8.43. The van der Waals surface area contributed by atoms with Crippen LogP contribution in [0.5, 0.6) is 11.5 Å². The molecule has 0 aliphatic carbocycles. The highest BCUT2D eigenvalue weighted by atomic mass is 16.5. The van der Waals surface area contributed by atoms with E-state index in [2.05, 4.69) is 64.1 Å². The number of nitrogens with zero attached hydrogens (tertiary/aromatic N) is 1. The Balaban J connectivity index is 1.08. The smallest absolute Gasteiger partial charge is 0.216 e. The summed E-state index contributed by atoms with van der Waals surface area (Å²) in [6, 6.07) is 25.0. The van der Waals surface area contributed by atoms with Crippen LogP contribution in [0, 0.1) is 5.92 Å². The fourth-order valence-corrected chi connectivity index (χ4v) is 6.20. The van der Waals surface area contributed by atoms with Crippen LogP contribution in [0.25, 0.3) is 0 Å². The minimum absolute atomic E-state index is 0.0391. The number of carbonyl (C=O) groups excluding carboxylic acids is 1. The third-order valence-corrected chi connectivity index (χ3v) is 8.60. The van der Waals surface area contributed by atoms with Gasteiger partial charge in [-0.3, -0.25) is 4.79 Å². The van der Waals surface area contributed by atoms with Gasteiger partial charge in [-0.05, 0) is 55.1 Å². The molecule has 236 valence electrons. The minimum Gasteiger partial charge on any atom is -0.496 e. The topological polar surface area (TPSA) is 81.3 Å². The van der Waals surface area contributed by atoms with Gasteiger partial charge in [0.2, 0.25) is 5.91 Å². The van der Waals surface area contributed by atoms with Crippen molar-refractivity contribution in [2.24, 2.45) is 5.92 Å². The summed E-state index contributed by atoms with van der Waals surface area (Å²) in [4.78, 5) is 13.8. The number of hydrogen-bond acceptors (Lipinski definition) is 7. The van der Waals surface area contributed by atoms with Crippen LogP contribution in [0.3, 0.4) is 0 Å². The number of hydrogen-bond donors (Lipinski definition) is 2. The van der Waals surface area contributed by atoms with Crippen LogP contribution in [-0.4, -0.2) is 65.1 Å². The second-order valence-corrected chi connectivity index (χ2v) is 11.8. The van der Waals surface area contributed by atoms with E-state index in [1.54, 1.807) is 14.0 Å². The Morgan fingerprint density at radius 3 is 2.57 bits per heavy atom. The second-order valence-electron chi connectivity index (χ2n) is 11.8. The standard InChI is InChI=1S/C36H47N3O5/c1-27(40)38-22-28-17-19-39(24-28)34-10-5-3-8-30(34)26-44-36-23-37-18-16-33(36)29-12-14-32(15-13-29)43-21-7-20-42-25-31-9-4-6-11-35(31)41-2/h3-6,8-15,28,33,36-37H,7,16-26H2,1-2H3,(H,38,40). The lowest BCUT2D eigenvalue weighted by Gasteiger charge is -2.33. The summed E-state index contributed by atoms with van der Waals surface area (Å²) in [5.74, 6) is 2.57. The van der Waals surface area contributed by atoms with Gasteiger partial charge in [0.15, 0.2) is 0 Å². The molecule has 44 heavy (non-hydrogen) atoms. The van der Waals surface area contributed by atoms with Crippen molar-refractivity contribution >= 4 is 11.6 Å². The number of carbonyl (C=O) groups is 1. The first-order valence-corrected chi connectivity index (χ1v) is 15.9. The SMILES string of the molecule is COc1ccccc1COCCCOc1ccc(C2CCNCC2OCc2ccccc2N2CCC(CNC(C)=O)C2)cc1. The maximum atomic E-state index is 11.4. The number of anilines is 1. The molecule has 2 heterocycles. The van der Waals surface area contributed by atoms with E-state index in [-0.39, 0.29) is 12.0 Å². The average molecular weight is 602 g/mol. The number of amides is 1. The fraction of sp³-hybridized carbons (Fsp3) is 0.472. The molecule has 0 aromatic heterocycles. The summed E-state index contributed by atoms with van der Waals surface area (Å²) in [6.07, 6.45) is 3.03. The Morgan fingerprint density at radius 2 is 1.75 bits per heavy atom. The molecule has 2 fully saturated rings. The van der Waals surface area contributed by atoms with E-state index in [9.17, 15) is 4.79 Å². The molecule has 2 N–H and O–H groups in total. The van der Waals surface area contributed by atoms with Crippen molar-refractivity contribution in [3.05, 3.63) is 89.5 Å². The van der Waals surface area contributed by atoms with Crippen molar-refractivity contribution in [2.75, 3.05) is 57.9 Å². The van der Waals surface area contributed by atoms with Crippen molar-refractivity contribution in [1.82, 2.24) is 10.6 Å². The molecule has 3 aromatic rings. The van der Waals surface area contributed by atoms with Crippen LogP contribution in [0.1, 0.15) is 48.8 Å². The molecule has 0 bridgehead atoms. The van der Waals surface area contributed by atoms with Crippen molar-refractivity contribution < 1.29 is 23.7 Å². The molecule has 1 amide bonds. The van der Waals surface area contributed by atoms with Gasteiger partial charge < -0.3 is 34.5 Å². The summed E-state index contributed by atoms with van der Waals surface area (Å²) >= 11 is 0. The zero-order valence-electron chi connectivity index (χ0n) is 26.1. The van der Waals surface area contributed by atoms with Gasteiger partial charge in [-0.1, -0.05) is 48.5 Å². The van der Waals surface area contributed by atoms with E-state index in [0.29, 0.717) is 38.3 Å². The van der Waals surface area contributed by atoms with E-state index in [0.717, 1.165) is 69.0 Å². The van der Waals surface area contributed by atoms with Crippen LogP contribution in [0.4, 0.5) is 5.69 Å². The Hall–Kier alpha value is -3.59. The quantitative estimate of drug-likeness (QED) is 0.229. The Kier molecular flexibility index (Phi) is 11.9. The number of methoxy groups -OCH3 is 1. The number of benzene rings is 3. The molecule has 2 saturated heterocycles. The van der Waals surface area contributed by atoms with Crippen molar-refractivity contribution in [1.29, 1.82) is 0 Å². The van der Waals surface area contributed by atoms with E-state index in [1.165, 1.54) is 16.8 Å². The first-order valence-electron chi connectivity index (χ1n) is 15.9. The molecular formula is C36H47N3O5. The third-order valence-electron chi connectivity index (χ3n) is 8.60. The molecule has 5 rings (SSSR count). The number of rotatable bonds is 15. The predicted molar refractivity (Wildman–Crippen MR) is 173 cm³/mol. The van der Waals surface area contributed by atoms with Crippen molar-refractivity contribution in [3.8, 4) is 11.5 Å². The lowest BCUT2D eigenvalue weighted by molar-refractivity contribution is -0.119. The summed E-state index contributed by atoms with van der Waals surface area (Å²) < 4.78 is 23.8. The number of ether oxygens (including phenoxy) is 4. The van der Waals surface area contributed by atoms with Gasteiger partial charge in [0, 0.05) is 62.3 Å². The van der Waals surface area contributed by atoms with Crippen LogP contribution in [0.2, 0.25) is 0 Å². The van der Waals surface area contributed by atoms with Gasteiger partial charge in [0.25, 0.3) is 0 Å². The molecule has 0 spiro atoms. The third kappa shape index (κ3) is 8.97.